The van der Waals surface area contributed by atoms with Crippen molar-refractivity contribution in [1.29, 1.82) is 0 Å². The third-order valence-electron chi connectivity index (χ3n) is 4.76. The summed E-state index contributed by atoms with van der Waals surface area (Å²) >= 11 is 0. The maximum atomic E-state index is 12.9. The number of carbonyl (C=O) groups excluding carboxylic acids is 1. The van der Waals surface area contributed by atoms with Gasteiger partial charge in [0.1, 0.15) is 18.4 Å². The van der Waals surface area contributed by atoms with E-state index in [0.29, 0.717) is 18.0 Å². The molecule has 1 atom stereocenters. The minimum Gasteiger partial charge on any atom is -0.490 e. The Kier molecular flexibility index (Phi) is 6.90. The molecule has 1 saturated heterocycles. The number of nitrogens with one attached hydrogen (secondary N) is 1. The van der Waals surface area contributed by atoms with E-state index in [1.54, 1.807) is 0 Å². The second-order valence-corrected chi connectivity index (χ2v) is 7.11. The average Bonchev–Trinajstić information content (AvgIpc) is 3.18. The number of ether oxygens (including phenoxy) is 2. The van der Waals surface area contributed by atoms with Gasteiger partial charge in [0.05, 0.1) is 18.9 Å². The predicted octanol–water partition coefficient (Wildman–Crippen LogP) is 3.03. The number of nitrogens with zero attached hydrogens (tertiary/aromatic N) is 2. The highest BCUT2D eigenvalue weighted by Gasteiger charge is 2.24. The number of rotatable bonds is 8. The highest BCUT2D eigenvalue weighted by molar-refractivity contribution is 5.95. The molecule has 3 rings (SSSR count). The second kappa shape index (κ2) is 9.58. The maximum absolute atomic E-state index is 12.9. The number of hydrogen-bond donors (Lipinski definition) is 1. The van der Waals surface area contributed by atoms with Crippen LogP contribution in [-0.4, -0.2) is 54.8 Å². The molecular weight excluding hydrogens is 342 g/mol. The van der Waals surface area contributed by atoms with Gasteiger partial charge in [-0.05, 0) is 30.2 Å². The lowest BCUT2D eigenvalue weighted by atomic mass is 10.0. The molecule has 1 aromatic heterocycles. The number of carbonyl (C=O) groups is 1. The van der Waals surface area contributed by atoms with Crippen LogP contribution in [0.2, 0.25) is 0 Å². The van der Waals surface area contributed by atoms with Crippen LogP contribution in [0.4, 0.5) is 5.69 Å². The van der Waals surface area contributed by atoms with Crippen LogP contribution in [0.25, 0.3) is 0 Å². The third-order valence-corrected chi connectivity index (χ3v) is 4.76. The molecule has 6 nitrogen and oxygen atoms in total. The quantitative estimate of drug-likeness (QED) is 0.775. The van der Waals surface area contributed by atoms with Crippen LogP contribution < -0.4 is 10.1 Å². The zero-order chi connectivity index (χ0) is 19.1. The highest BCUT2D eigenvalue weighted by atomic mass is 16.5. The van der Waals surface area contributed by atoms with Crippen molar-refractivity contribution in [2.45, 2.75) is 19.9 Å². The van der Waals surface area contributed by atoms with Crippen LogP contribution in [-0.2, 0) is 9.53 Å². The molecule has 0 spiro atoms. The number of hydrogen-bond acceptors (Lipinski definition) is 4. The molecule has 27 heavy (non-hydrogen) atoms. The van der Waals surface area contributed by atoms with Gasteiger partial charge in [0.15, 0.2) is 0 Å². The summed E-state index contributed by atoms with van der Waals surface area (Å²) in [4.78, 5) is 15.2. The van der Waals surface area contributed by atoms with E-state index in [1.807, 2.05) is 53.4 Å². The summed E-state index contributed by atoms with van der Waals surface area (Å²) in [7, 11) is 0. The van der Waals surface area contributed by atoms with Gasteiger partial charge >= 0.3 is 0 Å². The lowest BCUT2D eigenvalue weighted by molar-refractivity contribution is -0.120. The first-order valence-corrected chi connectivity index (χ1v) is 9.60. The van der Waals surface area contributed by atoms with Crippen molar-refractivity contribution >= 4 is 11.6 Å². The van der Waals surface area contributed by atoms with E-state index in [-0.39, 0.29) is 17.9 Å². The minimum absolute atomic E-state index is 0.0366. The largest absolute Gasteiger partial charge is 0.490 e. The van der Waals surface area contributed by atoms with Crippen molar-refractivity contribution < 1.29 is 14.3 Å². The number of morpholine rings is 1. The Hall–Kier alpha value is -2.31. The molecule has 1 amide bonds. The van der Waals surface area contributed by atoms with Gasteiger partial charge in [-0.3, -0.25) is 9.69 Å². The van der Waals surface area contributed by atoms with Crippen molar-refractivity contribution in [2.24, 2.45) is 5.92 Å². The fourth-order valence-corrected chi connectivity index (χ4v) is 3.33. The topological polar surface area (TPSA) is 55.7 Å². The molecule has 0 saturated carbocycles. The van der Waals surface area contributed by atoms with Crippen LogP contribution in [0.15, 0.2) is 48.8 Å². The van der Waals surface area contributed by atoms with Gasteiger partial charge < -0.3 is 19.4 Å². The molecule has 2 aromatic rings. The van der Waals surface area contributed by atoms with Gasteiger partial charge in [0.2, 0.25) is 5.91 Å². The number of amides is 1. The molecule has 1 N–H and O–H groups in total. The van der Waals surface area contributed by atoms with Crippen LogP contribution in [0.1, 0.15) is 19.9 Å². The van der Waals surface area contributed by atoms with E-state index < -0.39 is 0 Å². The number of anilines is 1. The molecule has 146 valence electrons. The Labute approximate surface area is 161 Å². The fourth-order valence-electron chi connectivity index (χ4n) is 3.33. The number of aromatic nitrogens is 1. The molecule has 0 bridgehead atoms. The van der Waals surface area contributed by atoms with E-state index >= 15 is 0 Å². The van der Waals surface area contributed by atoms with Crippen molar-refractivity contribution in [3.05, 3.63) is 48.8 Å². The zero-order valence-electron chi connectivity index (χ0n) is 16.1. The van der Waals surface area contributed by atoms with Crippen LogP contribution >= 0.6 is 0 Å². The Balaban J connectivity index is 1.61. The molecule has 1 aliphatic rings. The summed E-state index contributed by atoms with van der Waals surface area (Å²) in [5, 5.41) is 3.05. The first kappa shape index (κ1) is 19.5. The molecule has 1 unspecified atom stereocenters. The van der Waals surface area contributed by atoms with Crippen molar-refractivity contribution in [3.63, 3.8) is 0 Å². The Bertz CT molecular complexity index is 709. The van der Waals surface area contributed by atoms with E-state index in [4.69, 9.17) is 9.47 Å². The van der Waals surface area contributed by atoms with Crippen molar-refractivity contribution in [3.8, 4) is 5.75 Å². The van der Waals surface area contributed by atoms with E-state index in [0.717, 1.165) is 32.8 Å². The molecule has 1 fully saturated rings. The third kappa shape index (κ3) is 5.34. The number of benzene rings is 1. The lowest BCUT2D eigenvalue weighted by Crippen LogP contribution is -2.38. The van der Waals surface area contributed by atoms with Crippen molar-refractivity contribution in [1.82, 2.24) is 9.47 Å². The maximum Gasteiger partial charge on any atom is 0.247 e. The molecular formula is C21H29N3O3. The van der Waals surface area contributed by atoms with Gasteiger partial charge in [-0.25, -0.2) is 0 Å². The van der Waals surface area contributed by atoms with E-state index in [2.05, 4.69) is 24.1 Å². The fraction of sp³-hybridized carbons (Fsp3) is 0.476. The standard InChI is InChI=1S/C21H29N3O3/c1-17(2)20(24-9-5-6-10-24)21(25)22-18-7-3-4-8-19(18)27-16-13-23-11-14-26-15-12-23/h3-10,17,20H,11-16H2,1-2H3,(H,22,25). The van der Waals surface area contributed by atoms with Crippen LogP contribution in [0.3, 0.4) is 0 Å². The lowest BCUT2D eigenvalue weighted by Gasteiger charge is -2.26. The summed E-state index contributed by atoms with van der Waals surface area (Å²) < 4.78 is 13.3. The molecule has 0 radical (unpaired) electrons. The normalized spacial score (nSPS) is 16.3. The Morgan fingerprint density at radius 3 is 2.56 bits per heavy atom. The second-order valence-electron chi connectivity index (χ2n) is 7.11. The van der Waals surface area contributed by atoms with Crippen LogP contribution in [0.5, 0.6) is 5.75 Å². The van der Waals surface area contributed by atoms with Gasteiger partial charge in [-0.1, -0.05) is 26.0 Å². The van der Waals surface area contributed by atoms with Crippen LogP contribution in [0, 0.1) is 5.92 Å². The van der Waals surface area contributed by atoms with Crippen molar-refractivity contribution in [2.75, 3.05) is 44.8 Å². The van der Waals surface area contributed by atoms with E-state index in [1.165, 1.54) is 0 Å². The van der Waals surface area contributed by atoms with Gasteiger partial charge in [0, 0.05) is 32.0 Å². The average molecular weight is 371 g/mol. The highest BCUT2D eigenvalue weighted by Crippen LogP contribution is 2.27. The monoisotopic (exact) mass is 371 g/mol. The summed E-state index contributed by atoms with van der Waals surface area (Å²) in [6.07, 6.45) is 3.85. The van der Waals surface area contributed by atoms with Gasteiger partial charge in [-0.2, -0.15) is 0 Å². The summed E-state index contributed by atoms with van der Waals surface area (Å²) in [6, 6.07) is 11.2. The Morgan fingerprint density at radius 2 is 1.85 bits per heavy atom. The molecule has 6 heteroatoms. The first-order chi connectivity index (χ1) is 13.1. The molecule has 2 heterocycles. The molecule has 1 aliphatic heterocycles. The smallest absolute Gasteiger partial charge is 0.247 e. The molecule has 0 aliphatic carbocycles. The van der Waals surface area contributed by atoms with E-state index in [9.17, 15) is 4.79 Å². The predicted molar refractivity (Wildman–Crippen MR) is 106 cm³/mol. The summed E-state index contributed by atoms with van der Waals surface area (Å²) in [5.74, 6) is 0.839. The van der Waals surface area contributed by atoms with Gasteiger partial charge in [-0.15, -0.1) is 0 Å². The SMILES string of the molecule is CC(C)C(C(=O)Nc1ccccc1OCCN1CCOCC1)n1cccc1. The summed E-state index contributed by atoms with van der Waals surface area (Å²) in [6.45, 7) is 8.97. The Morgan fingerprint density at radius 1 is 1.15 bits per heavy atom. The zero-order valence-corrected chi connectivity index (χ0v) is 16.1. The first-order valence-electron chi connectivity index (χ1n) is 9.60. The number of para-hydroxylation sites is 2. The van der Waals surface area contributed by atoms with Gasteiger partial charge in [0.25, 0.3) is 0 Å². The molecule has 1 aromatic carbocycles. The summed E-state index contributed by atoms with van der Waals surface area (Å²) in [5.41, 5.74) is 0.710. The minimum atomic E-state index is -0.263.